The van der Waals surface area contributed by atoms with Gasteiger partial charge in [-0.05, 0) is 19.3 Å². The van der Waals surface area contributed by atoms with Gasteiger partial charge < -0.3 is 40.3 Å². The summed E-state index contributed by atoms with van der Waals surface area (Å²) in [6.07, 6.45) is 39.7. The molecular weight excluding hydrogens is 731 g/mol. The summed E-state index contributed by atoms with van der Waals surface area (Å²) in [5, 5.41) is 54.3. The zero-order valence-electron chi connectivity index (χ0n) is 37.8. The molecule has 9 nitrogen and oxygen atoms in total. The summed E-state index contributed by atoms with van der Waals surface area (Å²) in [7, 11) is 0. The molecule has 1 rings (SSSR count). The fourth-order valence-electron chi connectivity index (χ4n) is 8.10. The second kappa shape index (κ2) is 40.0. The molecule has 6 N–H and O–H groups in total. The lowest BCUT2D eigenvalue weighted by atomic mass is 9.99. The van der Waals surface area contributed by atoms with Crippen molar-refractivity contribution < 1.29 is 39.8 Å². The second-order valence-corrected chi connectivity index (χ2v) is 17.6. The molecule has 0 aromatic carbocycles. The minimum absolute atomic E-state index is 0.174. The van der Waals surface area contributed by atoms with Gasteiger partial charge in [-0.1, -0.05) is 225 Å². The molecule has 1 saturated heterocycles. The predicted molar refractivity (Wildman–Crippen MR) is 240 cm³/mol. The SMILES string of the molecule is CCCCCCCCCCCCCCCCCCCCCC/C=C/C(O)C(COC1OC(CO)C(O)C(O)C1O)NC(=O)CCCCCCCCCCCCCCC. The Morgan fingerprint density at radius 1 is 0.569 bits per heavy atom. The van der Waals surface area contributed by atoms with Gasteiger partial charge in [0.1, 0.15) is 24.4 Å². The first-order valence-electron chi connectivity index (χ1n) is 24.9. The molecule has 1 aliphatic heterocycles. The summed E-state index contributed by atoms with van der Waals surface area (Å²) in [6, 6.07) is -0.798. The van der Waals surface area contributed by atoms with Gasteiger partial charge in [0.25, 0.3) is 0 Å². The Kier molecular flexibility index (Phi) is 37.9. The highest BCUT2D eigenvalue weighted by Crippen LogP contribution is 2.23. The highest BCUT2D eigenvalue weighted by molar-refractivity contribution is 5.76. The standard InChI is InChI=1S/C49H95NO8/c1-3-5-7-9-11-13-15-17-18-19-20-21-22-23-24-25-27-28-30-32-34-36-38-43(52)42(41-57-49-48(56)47(55)46(54)44(40-51)58-49)50-45(53)39-37-35-33-31-29-26-16-14-12-10-8-6-4-2/h36,38,42-44,46-49,51-52,54-56H,3-35,37,39-41H2,1-2H3,(H,50,53)/b38-36+. The van der Waals surface area contributed by atoms with E-state index in [2.05, 4.69) is 19.2 Å². The van der Waals surface area contributed by atoms with E-state index in [-0.39, 0.29) is 12.5 Å². The third-order valence-electron chi connectivity index (χ3n) is 12.1. The van der Waals surface area contributed by atoms with Crippen molar-refractivity contribution in [1.82, 2.24) is 5.32 Å². The Morgan fingerprint density at radius 2 is 0.948 bits per heavy atom. The van der Waals surface area contributed by atoms with E-state index in [0.29, 0.717) is 6.42 Å². The number of amides is 1. The molecule has 1 amide bonds. The third kappa shape index (κ3) is 30.0. The first-order valence-corrected chi connectivity index (χ1v) is 24.9. The van der Waals surface area contributed by atoms with Crippen LogP contribution in [0.2, 0.25) is 0 Å². The van der Waals surface area contributed by atoms with Crippen molar-refractivity contribution in [3.05, 3.63) is 12.2 Å². The smallest absolute Gasteiger partial charge is 0.220 e. The predicted octanol–water partition coefficient (Wildman–Crippen LogP) is 10.9. The number of rotatable bonds is 42. The summed E-state index contributed by atoms with van der Waals surface area (Å²) in [6.45, 7) is 3.79. The maximum atomic E-state index is 13.0. The van der Waals surface area contributed by atoms with Crippen LogP contribution in [-0.4, -0.2) is 87.5 Å². The Balaban J connectivity index is 2.28. The number of carbonyl (C=O) groups excluding carboxylic acids is 1. The van der Waals surface area contributed by atoms with E-state index in [1.165, 1.54) is 180 Å². The van der Waals surface area contributed by atoms with Crippen molar-refractivity contribution in [2.45, 2.75) is 281 Å². The summed E-state index contributed by atoms with van der Waals surface area (Å²) < 4.78 is 11.2. The fraction of sp³-hybridized carbons (Fsp3) is 0.939. The quantitative estimate of drug-likeness (QED) is 0.0263. The fourth-order valence-corrected chi connectivity index (χ4v) is 8.10. The minimum atomic E-state index is -1.56. The van der Waals surface area contributed by atoms with Crippen molar-refractivity contribution in [2.24, 2.45) is 0 Å². The van der Waals surface area contributed by atoms with Crippen LogP contribution in [0.25, 0.3) is 0 Å². The molecule has 0 saturated carbocycles. The van der Waals surface area contributed by atoms with Gasteiger partial charge in [0.15, 0.2) is 6.29 Å². The zero-order valence-corrected chi connectivity index (χ0v) is 37.8. The number of hydrogen-bond acceptors (Lipinski definition) is 8. The molecule has 0 spiro atoms. The van der Waals surface area contributed by atoms with E-state index >= 15 is 0 Å². The van der Waals surface area contributed by atoms with Gasteiger partial charge in [0.2, 0.25) is 5.91 Å². The molecule has 0 aromatic heterocycles. The number of ether oxygens (including phenoxy) is 2. The summed E-state index contributed by atoms with van der Waals surface area (Å²) in [5.41, 5.74) is 0. The Morgan fingerprint density at radius 3 is 1.34 bits per heavy atom. The summed E-state index contributed by atoms with van der Waals surface area (Å²) in [4.78, 5) is 13.0. The number of hydrogen-bond donors (Lipinski definition) is 6. The molecule has 7 atom stereocenters. The number of allylic oxidation sites excluding steroid dienone is 1. The van der Waals surface area contributed by atoms with Gasteiger partial charge in [-0.3, -0.25) is 4.79 Å². The normalized spacial score (nSPS) is 20.8. The van der Waals surface area contributed by atoms with Crippen LogP contribution in [0, 0.1) is 0 Å². The first-order chi connectivity index (χ1) is 28.3. The van der Waals surface area contributed by atoms with Crippen LogP contribution in [-0.2, 0) is 14.3 Å². The van der Waals surface area contributed by atoms with Crippen molar-refractivity contribution in [3.8, 4) is 0 Å². The van der Waals surface area contributed by atoms with Gasteiger partial charge in [-0.2, -0.15) is 0 Å². The zero-order chi connectivity index (χ0) is 42.3. The van der Waals surface area contributed by atoms with Gasteiger partial charge in [0.05, 0.1) is 25.4 Å². The van der Waals surface area contributed by atoms with Crippen LogP contribution in [0.3, 0.4) is 0 Å². The maximum Gasteiger partial charge on any atom is 0.220 e. The average Bonchev–Trinajstić information content (AvgIpc) is 3.22. The van der Waals surface area contributed by atoms with Crippen LogP contribution in [0.5, 0.6) is 0 Å². The minimum Gasteiger partial charge on any atom is -0.394 e. The van der Waals surface area contributed by atoms with Crippen molar-refractivity contribution in [2.75, 3.05) is 13.2 Å². The number of aliphatic hydroxyl groups is 5. The lowest BCUT2D eigenvalue weighted by Crippen LogP contribution is -2.60. The molecule has 7 unspecified atom stereocenters. The lowest BCUT2D eigenvalue weighted by molar-refractivity contribution is -0.302. The Bertz CT molecular complexity index is 919. The van der Waals surface area contributed by atoms with Gasteiger partial charge >= 0.3 is 0 Å². The summed E-state index contributed by atoms with van der Waals surface area (Å²) >= 11 is 0. The van der Waals surface area contributed by atoms with Crippen molar-refractivity contribution in [1.29, 1.82) is 0 Å². The van der Waals surface area contributed by atoms with E-state index in [1.54, 1.807) is 6.08 Å². The van der Waals surface area contributed by atoms with Crippen LogP contribution >= 0.6 is 0 Å². The number of carbonyl (C=O) groups is 1. The van der Waals surface area contributed by atoms with Gasteiger partial charge in [-0.25, -0.2) is 0 Å². The second-order valence-electron chi connectivity index (χ2n) is 17.6. The molecular formula is C49H95NO8. The molecule has 344 valence electrons. The lowest BCUT2D eigenvalue weighted by Gasteiger charge is -2.40. The average molecular weight is 826 g/mol. The highest BCUT2D eigenvalue weighted by Gasteiger charge is 2.44. The van der Waals surface area contributed by atoms with E-state index in [0.717, 1.165) is 38.5 Å². The van der Waals surface area contributed by atoms with E-state index in [1.807, 2.05) is 6.08 Å². The van der Waals surface area contributed by atoms with Crippen LogP contribution < -0.4 is 5.32 Å². The molecule has 0 radical (unpaired) electrons. The van der Waals surface area contributed by atoms with Crippen LogP contribution in [0.1, 0.15) is 239 Å². The molecule has 0 bridgehead atoms. The highest BCUT2D eigenvalue weighted by atomic mass is 16.7. The van der Waals surface area contributed by atoms with E-state index in [9.17, 15) is 30.3 Å². The first kappa shape index (κ1) is 54.9. The number of unbranched alkanes of at least 4 members (excludes halogenated alkanes) is 32. The number of nitrogens with one attached hydrogen (secondary N) is 1. The molecule has 1 fully saturated rings. The van der Waals surface area contributed by atoms with Gasteiger partial charge in [0, 0.05) is 6.42 Å². The molecule has 0 aromatic rings. The molecule has 9 heteroatoms. The number of aliphatic hydroxyl groups excluding tert-OH is 5. The van der Waals surface area contributed by atoms with Crippen LogP contribution in [0.15, 0.2) is 12.2 Å². The van der Waals surface area contributed by atoms with E-state index < -0.39 is 49.5 Å². The summed E-state index contributed by atoms with van der Waals surface area (Å²) in [5.74, 6) is -0.174. The molecule has 1 heterocycles. The van der Waals surface area contributed by atoms with Crippen LogP contribution in [0.4, 0.5) is 0 Å². The molecule has 1 aliphatic rings. The Labute approximate surface area is 356 Å². The monoisotopic (exact) mass is 826 g/mol. The topological polar surface area (TPSA) is 149 Å². The third-order valence-corrected chi connectivity index (χ3v) is 12.1. The Hall–Kier alpha value is -1.07. The van der Waals surface area contributed by atoms with Gasteiger partial charge in [-0.15, -0.1) is 0 Å². The molecule has 0 aliphatic carbocycles. The van der Waals surface area contributed by atoms with Crippen molar-refractivity contribution >= 4 is 5.91 Å². The maximum absolute atomic E-state index is 13.0. The molecule has 58 heavy (non-hydrogen) atoms. The largest absolute Gasteiger partial charge is 0.394 e. The van der Waals surface area contributed by atoms with Crippen molar-refractivity contribution in [3.63, 3.8) is 0 Å². The van der Waals surface area contributed by atoms with E-state index in [4.69, 9.17) is 9.47 Å².